The first kappa shape index (κ1) is 21.9. The fraction of sp³-hybridized carbons (Fsp3) is 0.600. The molecule has 0 radical (unpaired) electrons. The number of aliphatic imine (C=N–C) groups is 1. The highest BCUT2D eigenvalue weighted by molar-refractivity contribution is 5.80. The molecule has 2 N–H and O–H groups in total. The molecule has 8 heteroatoms. The molecule has 6 nitrogen and oxygen atoms in total. The first-order valence-corrected chi connectivity index (χ1v) is 9.80. The van der Waals surface area contributed by atoms with Crippen molar-refractivity contribution in [2.24, 2.45) is 4.99 Å². The molecule has 0 atom stereocenters. The minimum Gasteiger partial charge on any atom is -0.435 e. The fourth-order valence-corrected chi connectivity index (χ4v) is 3.23. The summed E-state index contributed by atoms with van der Waals surface area (Å²) in [5.41, 5.74) is 0.939. The van der Waals surface area contributed by atoms with Crippen LogP contribution in [-0.4, -0.2) is 49.6 Å². The van der Waals surface area contributed by atoms with Gasteiger partial charge >= 0.3 is 6.61 Å². The van der Waals surface area contributed by atoms with Gasteiger partial charge in [-0.15, -0.1) is 0 Å². The number of hydrogen-bond acceptors (Lipinski definition) is 3. The molecule has 0 bridgehead atoms. The monoisotopic (exact) mass is 396 g/mol. The molecular formula is C20H30F2N4O2. The number of guanidine groups is 1. The van der Waals surface area contributed by atoms with Crippen molar-refractivity contribution in [2.45, 2.75) is 58.2 Å². The van der Waals surface area contributed by atoms with Gasteiger partial charge in [0, 0.05) is 32.6 Å². The Morgan fingerprint density at radius 3 is 2.57 bits per heavy atom. The lowest BCUT2D eigenvalue weighted by Crippen LogP contribution is -2.39. The highest BCUT2D eigenvalue weighted by atomic mass is 19.3. The lowest BCUT2D eigenvalue weighted by molar-refractivity contribution is -0.121. The molecule has 1 fully saturated rings. The zero-order valence-corrected chi connectivity index (χ0v) is 16.6. The number of hydrogen-bond donors (Lipinski definition) is 2. The second-order valence-electron chi connectivity index (χ2n) is 6.91. The van der Waals surface area contributed by atoms with E-state index in [0.29, 0.717) is 38.1 Å². The zero-order chi connectivity index (χ0) is 20.4. The molecule has 0 aliphatic heterocycles. The second-order valence-corrected chi connectivity index (χ2v) is 6.91. The molecule has 0 unspecified atom stereocenters. The molecular weight excluding hydrogens is 366 g/mol. The van der Waals surface area contributed by atoms with Crippen molar-refractivity contribution in [1.29, 1.82) is 0 Å². The predicted octanol–water partition coefficient (Wildman–Crippen LogP) is 3.13. The topological polar surface area (TPSA) is 66.0 Å². The Bertz CT molecular complexity index is 632. The number of halogens is 2. The molecule has 1 saturated carbocycles. The molecule has 1 aromatic rings. The van der Waals surface area contributed by atoms with Gasteiger partial charge in [-0.3, -0.25) is 9.79 Å². The molecule has 28 heavy (non-hydrogen) atoms. The molecule has 0 heterocycles. The average Bonchev–Trinajstić information content (AvgIpc) is 3.15. The van der Waals surface area contributed by atoms with Gasteiger partial charge in [0.1, 0.15) is 5.75 Å². The van der Waals surface area contributed by atoms with Gasteiger partial charge in [-0.1, -0.05) is 25.0 Å². The standard InChI is InChI=1S/C20H30F2N4O2/c1-3-23-20(24-13-12-18(27)25-16-6-4-5-7-16)26(2)14-15-8-10-17(11-9-15)28-19(21)22/h8-11,16,19H,3-7,12-14H2,1-2H3,(H,23,24)(H,25,27). The average molecular weight is 396 g/mol. The van der Waals surface area contributed by atoms with Gasteiger partial charge in [0.2, 0.25) is 5.91 Å². The van der Waals surface area contributed by atoms with Gasteiger partial charge in [-0.2, -0.15) is 8.78 Å². The van der Waals surface area contributed by atoms with Crippen LogP contribution in [0.4, 0.5) is 8.78 Å². The predicted molar refractivity (Wildman–Crippen MR) is 106 cm³/mol. The van der Waals surface area contributed by atoms with Crippen LogP contribution in [0.5, 0.6) is 5.75 Å². The highest BCUT2D eigenvalue weighted by Gasteiger charge is 2.16. The van der Waals surface area contributed by atoms with Crippen LogP contribution in [0, 0.1) is 0 Å². The molecule has 1 aliphatic rings. The number of carbonyl (C=O) groups is 1. The number of nitrogens with one attached hydrogen (secondary N) is 2. The molecule has 1 amide bonds. The number of ether oxygens (including phenoxy) is 1. The summed E-state index contributed by atoms with van der Waals surface area (Å²) >= 11 is 0. The van der Waals surface area contributed by atoms with E-state index in [9.17, 15) is 13.6 Å². The van der Waals surface area contributed by atoms with Crippen molar-refractivity contribution in [3.8, 4) is 5.75 Å². The smallest absolute Gasteiger partial charge is 0.387 e. The SMILES string of the molecule is CCNC(=NCCC(=O)NC1CCCC1)N(C)Cc1ccc(OC(F)F)cc1. The van der Waals surface area contributed by atoms with Crippen LogP contribution in [0.25, 0.3) is 0 Å². The summed E-state index contributed by atoms with van der Waals surface area (Å²) in [4.78, 5) is 18.5. The van der Waals surface area contributed by atoms with E-state index in [-0.39, 0.29) is 11.7 Å². The third-order valence-corrected chi connectivity index (χ3v) is 4.59. The minimum atomic E-state index is -2.83. The van der Waals surface area contributed by atoms with Crippen LogP contribution < -0.4 is 15.4 Å². The summed E-state index contributed by atoms with van der Waals surface area (Å²) in [5, 5.41) is 6.27. The Balaban J connectivity index is 1.84. The van der Waals surface area contributed by atoms with Gasteiger partial charge in [0.05, 0.1) is 6.54 Å². The summed E-state index contributed by atoms with van der Waals surface area (Å²) in [5.74, 6) is 0.878. The van der Waals surface area contributed by atoms with Crippen molar-refractivity contribution >= 4 is 11.9 Å². The van der Waals surface area contributed by atoms with Crippen molar-refractivity contribution in [3.63, 3.8) is 0 Å². The van der Waals surface area contributed by atoms with Gasteiger partial charge < -0.3 is 20.3 Å². The number of alkyl halides is 2. The molecule has 0 saturated heterocycles. The Kier molecular flexibility index (Phi) is 8.97. The van der Waals surface area contributed by atoms with E-state index < -0.39 is 6.61 Å². The number of nitrogens with zero attached hydrogens (tertiary/aromatic N) is 2. The number of benzene rings is 1. The van der Waals surface area contributed by atoms with E-state index >= 15 is 0 Å². The van der Waals surface area contributed by atoms with Crippen LogP contribution >= 0.6 is 0 Å². The van der Waals surface area contributed by atoms with Gasteiger partial charge in [0.25, 0.3) is 0 Å². The van der Waals surface area contributed by atoms with Crippen LogP contribution in [-0.2, 0) is 11.3 Å². The Morgan fingerprint density at radius 2 is 1.96 bits per heavy atom. The summed E-state index contributed by atoms with van der Waals surface area (Å²) in [7, 11) is 1.89. The Morgan fingerprint density at radius 1 is 1.29 bits per heavy atom. The highest BCUT2D eigenvalue weighted by Crippen LogP contribution is 2.18. The molecule has 0 spiro atoms. The van der Waals surface area contributed by atoms with Crippen molar-refractivity contribution in [3.05, 3.63) is 29.8 Å². The van der Waals surface area contributed by atoms with E-state index in [4.69, 9.17) is 0 Å². The minimum absolute atomic E-state index is 0.0452. The van der Waals surface area contributed by atoms with Crippen LogP contribution in [0.3, 0.4) is 0 Å². The van der Waals surface area contributed by atoms with E-state index in [1.807, 2.05) is 18.9 Å². The number of rotatable bonds is 9. The van der Waals surface area contributed by atoms with Crippen LogP contribution in [0.15, 0.2) is 29.3 Å². The van der Waals surface area contributed by atoms with Crippen LogP contribution in [0.2, 0.25) is 0 Å². The lowest BCUT2D eigenvalue weighted by atomic mass is 10.2. The third-order valence-electron chi connectivity index (χ3n) is 4.59. The van der Waals surface area contributed by atoms with Crippen molar-refractivity contribution in [2.75, 3.05) is 20.1 Å². The first-order valence-electron chi connectivity index (χ1n) is 9.80. The van der Waals surface area contributed by atoms with E-state index in [1.165, 1.54) is 25.0 Å². The lowest BCUT2D eigenvalue weighted by Gasteiger charge is -2.22. The van der Waals surface area contributed by atoms with Gasteiger partial charge in [-0.25, -0.2) is 0 Å². The maximum absolute atomic E-state index is 12.2. The summed E-state index contributed by atoms with van der Waals surface area (Å²) in [6.07, 6.45) is 4.88. The largest absolute Gasteiger partial charge is 0.435 e. The normalized spacial score (nSPS) is 15.0. The molecule has 0 aromatic heterocycles. The van der Waals surface area contributed by atoms with Crippen LogP contribution in [0.1, 0.15) is 44.6 Å². The Hall–Kier alpha value is -2.38. The zero-order valence-electron chi connectivity index (χ0n) is 16.6. The number of carbonyl (C=O) groups excluding carboxylic acids is 1. The summed E-state index contributed by atoms with van der Waals surface area (Å²) in [6.45, 7) is 0.819. The van der Waals surface area contributed by atoms with Crippen molar-refractivity contribution in [1.82, 2.24) is 15.5 Å². The molecule has 1 aromatic carbocycles. The summed E-state index contributed by atoms with van der Waals surface area (Å²) in [6, 6.07) is 6.85. The Labute approximate surface area is 165 Å². The van der Waals surface area contributed by atoms with E-state index in [0.717, 1.165) is 18.4 Å². The quantitative estimate of drug-likeness (QED) is 0.497. The second kappa shape index (κ2) is 11.5. The molecule has 2 rings (SSSR count). The van der Waals surface area contributed by atoms with Gasteiger partial charge in [0.15, 0.2) is 5.96 Å². The first-order chi connectivity index (χ1) is 13.5. The third kappa shape index (κ3) is 7.70. The van der Waals surface area contributed by atoms with Gasteiger partial charge in [-0.05, 0) is 37.5 Å². The maximum Gasteiger partial charge on any atom is 0.387 e. The molecule has 156 valence electrons. The number of amides is 1. The summed E-state index contributed by atoms with van der Waals surface area (Å²) < 4.78 is 28.8. The van der Waals surface area contributed by atoms with E-state index in [2.05, 4.69) is 20.4 Å². The van der Waals surface area contributed by atoms with E-state index in [1.54, 1.807) is 12.1 Å². The fourth-order valence-electron chi connectivity index (χ4n) is 3.23. The maximum atomic E-state index is 12.2. The molecule has 1 aliphatic carbocycles. The van der Waals surface area contributed by atoms with Crippen molar-refractivity contribution < 1.29 is 18.3 Å².